The molecule has 1 heterocycles. The second-order valence-electron chi connectivity index (χ2n) is 5.51. The Morgan fingerprint density at radius 2 is 2.30 bits per heavy atom. The molecule has 1 fully saturated rings. The van der Waals surface area contributed by atoms with Crippen LogP contribution in [-0.2, 0) is 6.54 Å². The molecule has 1 aromatic rings. The van der Waals surface area contributed by atoms with Crippen LogP contribution < -0.4 is 5.32 Å². The van der Waals surface area contributed by atoms with Gasteiger partial charge in [-0.05, 0) is 32.0 Å². The van der Waals surface area contributed by atoms with Crippen molar-refractivity contribution in [3.05, 3.63) is 38.9 Å². The van der Waals surface area contributed by atoms with E-state index in [4.69, 9.17) is 11.6 Å². The SMILES string of the molecule is CC1CN(C)CCC1NCc1c(Cl)cccc1[N+](=O)[O-]. The summed E-state index contributed by atoms with van der Waals surface area (Å²) in [7, 11) is 2.12. The topological polar surface area (TPSA) is 58.4 Å². The van der Waals surface area contributed by atoms with Gasteiger partial charge in [0.25, 0.3) is 5.69 Å². The van der Waals surface area contributed by atoms with E-state index >= 15 is 0 Å². The van der Waals surface area contributed by atoms with E-state index in [-0.39, 0.29) is 10.6 Å². The Bertz CT molecular complexity index is 495. The van der Waals surface area contributed by atoms with Gasteiger partial charge in [-0.1, -0.05) is 24.6 Å². The summed E-state index contributed by atoms with van der Waals surface area (Å²) in [6, 6.07) is 5.19. The summed E-state index contributed by atoms with van der Waals surface area (Å²) >= 11 is 6.10. The molecule has 0 amide bonds. The van der Waals surface area contributed by atoms with Crippen LogP contribution in [0.2, 0.25) is 5.02 Å². The summed E-state index contributed by atoms with van der Waals surface area (Å²) in [5.41, 5.74) is 0.663. The molecule has 20 heavy (non-hydrogen) atoms. The minimum atomic E-state index is -0.374. The summed E-state index contributed by atoms with van der Waals surface area (Å²) < 4.78 is 0. The fraction of sp³-hybridized carbons (Fsp3) is 0.571. The number of hydrogen-bond acceptors (Lipinski definition) is 4. The van der Waals surface area contributed by atoms with Crippen LogP contribution in [0.1, 0.15) is 18.9 Å². The predicted molar refractivity (Wildman–Crippen MR) is 80.0 cm³/mol. The molecular weight excluding hydrogens is 278 g/mol. The molecule has 0 bridgehead atoms. The molecule has 2 atom stereocenters. The average Bonchev–Trinajstić information content (AvgIpc) is 2.38. The van der Waals surface area contributed by atoms with E-state index in [2.05, 4.69) is 24.2 Å². The fourth-order valence-corrected chi connectivity index (χ4v) is 3.02. The number of nitro benzene ring substituents is 1. The molecule has 1 aliphatic rings. The van der Waals surface area contributed by atoms with Gasteiger partial charge in [-0.2, -0.15) is 0 Å². The molecular formula is C14H20ClN3O2. The average molecular weight is 298 g/mol. The minimum Gasteiger partial charge on any atom is -0.309 e. The van der Waals surface area contributed by atoms with E-state index in [0.717, 1.165) is 19.5 Å². The van der Waals surface area contributed by atoms with Gasteiger partial charge in [0.05, 0.1) is 15.5 Å². The maximum absolute atomic E-state index is 11.0. The normalized spacial score (nSPS) is 23.8. The number of nitrogens with one attached hydrogen (secondary N) is 1. The van der Waals surface area contributed by atoms with Gasteiger partial charge in [0.2, 0.25) is 0 Å². The number of likely N-dealkylation sites (tertiary alicyclic amines) is 1. The van der Waals surface area contributed by atoms with E-state index in [9.17, 15) is 10.1 Å². The van der Waals surface area contributed by atoms with Gasteiger partial charge >= 0.3 is 0 Å². The van der Waals surface area contributed by atoms with Crippen molar-refractivity contribution in [2.45, 2.75) is 25.9 Å². The van der Waals surface area contributed by atoms with Crippen LogP contribution in [0.5, 0.6) is 0 Å². The van der Waals surface area contributed by atoms with Crippen molar-refractivity contribution in [1.29, 1.82) is 0 Å². The van der Waals surface area contributed by atoms with Crippen LogP contribution >= 0.6 is 11.6 Å². The van der Waals surface area contributed by atoms with Crippen LogP contribution in [-0.4, -0.2) is 36.0 Å². The molecule has 0 radical (unpaired) electrons. The zero-order valence-corrected chi connectivity index (χ0v) is 12.6. The molecule has 0 aliphatic carbocycles. The first kappa shape index (κ1) is 15.2. The Morgan fingerprint density at radius 1 is 1.55 bits per heavy atom. The Hall–Kier alpha value is -1.17. The van der Waals surface area contributed by atoms with Gasteiger partial charge in [0.1, 0.15) is 0 Å². The largest absolute Gasteiger partial charge is 0.309 e. The van der Waals surface area contributed by atoms with Crippen LogP contribution in [0.25, 0.3) is 0 Å². The smallest absolute Gasteiger partial charge is 0.275 e. The number of nitrogens with zero attached hydrogens (tertiary/aromatic N) is 2. The quantitative estimate of drug-likeness (QED) is 0.686. The molecule has 6 heteroatoms. The van der Waals surface area contributed by atoms with Crippen LogP contribution in [0.4, 0.5) is 5.69 Å². The first-order chi connectivity index (χ1) is 9.49. The van der Waals surface area contributed by atoms with Crippen molar-refractivity contribution in [3.8, 4) is 0 Å². The second-order valence-corrected chi connectivity index (χ2v) is 5.92. The Balaban J connectivity index is 2.06. The van der Waals surface area contributed by atoms with Crippen LogP contribution in [0.3, 0.4) is 0 Å². The van der Waals surface area contributed by atoms with Crippen molar-refractivity contribution in [2.75, 3.05) is 20.1 Å². The molecule has 110 valence electrons. The molecule has 0 spiro atoms. The monoisotopic (exact) mass is 297 g/mol. The van der Waals surface area contributed by atoms with E-state index < -0.39 is 0 Å². The molecule has 0 saturated carbocycles. The number of hydrogen-bond donors (Lipinski definition) is 1. The maximum Gasteiger partial charge on any atom is 0.275 e. The van der Waals surface area contributed by atoms with Gasteiger partial charge in [0, 0.05) is 25.2 Å². The minimum absolute atomic E-state index is 0.0885. The lowest BCUT2D eigenvalue weighted by Crippen LogP contribution is -2.46. The number of nitro groups is 1. The van der Waals surface area contributed by atoms with Crippen LogP contribution in [0, 0.1) is 16.0 Å². The van der Waals surface area contributed by atoms with Crippen molar-refractivity contribution < 1.29 is 4.92 Å². The van der Waals surface area contributed by atoms with Gasteiger partial charge in [-0.25, -0.2) is 0 Å². The van der Waals surface area contributed by atoms with E-state index in [1.54, 1.807) is 12.1 Å². The van der Waals surface area contributed by atoms with Crippen molar-refractivity contribution >= 4 is 17.3 Å². The molecule has 1 aliphatic heterocycles. The Morgan fingerprint density at radius 3 is 2.95 bits per heavy atom. The van der Waals surface area contributed by atoms with E-state index in [1.165, 1.54) is 6.07 Å². The molecule has 0 aromatic heterocycles. The lowest BCUT2D eigenvalue weighted by atomic mass is 9.94. The second kappa shape index (κ2) is 6.52. The van der Waals surface area contributed by atoms with Gasteiger partial charge in [-0.3, -0.25) is 10.1 Å². The number of piperidine rings is 1. The summed E-state index contributed by atoms with van der Waals surface area (Å²) in [4.78, 5) is 13.0. The van der Waals surface area contributed by atoms with Gasteiger partial charge < -0.3 is 10.2 Å². The molecule has 2 unspecified atom stereocenters. The maximum atomic E-state index is 11.0. The third-order valence-electron chi connectivity index (χ3n) is 3.94. The number of benzene rings is 1. The first-order valence-corrected chi connectivity index (χ1v) is 7.20. The third-order valence-corrected chi connectivity index (χ3v) is 4.29. The molecule has 5 nitrogen and oxygen atoms in total. The number of halogens is 1. The summed E-state index contributed by atoms with van der Waals surface area (Å²) in [5.74, 6) is 0.523. The van der Waals surface area contributed by atoms with Crippen LogP contribution in [0.15, 0.2) is 18.2 Å². The van der Waals surface area contributed by atoms with Crippen molar-refractivity contribution in [3.63, 3.8) is 0 Å². The predicted octanol–water partition coefficient (Wildman–Crippen LogP) is 2.68. The van der Waals surface area contributed by atoms with Gasteiger partial charge in [-0.15, -0.1) is 0 Å². The highest BCUT2D eigenvalue weighted by atomic mass is 35.5. The van der Waals surface area contributed by atoms with Crippen molar-refractivity contribution in [1.82, 2.24) is 10.2 Å². The van der Waals surface area contributed by atoms with E-state index in [1.807, 2.05) is 0 Å². The standard InChI is InChI=1S/C14H20ClN3O2/c1-10-9-17(2)7-6-13(10)16-8-11-12(15)4-3-5-14(11)18(19)20/h3-5,10,13,16H,6-9H2,1-2H3. The van der Waals surface area contributed by atoms with E-state index in [0.29, 0.717) is 29.1 Å². The molecule has 1 saturated heterocycles. The lowest BCUT2D eigenvalue weighted by Gasteiger charge is -2.35. The molecule has 1 aromatic carbocycles. The summed E-state index contributed by atoms with van der Waals surface area (Å²) in [6.07, 6.45) is 1.05. The summed E-state index contributed by atoms with van der Waals surface area (Å²) in [6.45, 7) is 4.73. The number of rotatable bonds is 4. The Kier molecular flexibility index (Phi) is 4.96. The zero-order valence-electron chi connectivity index (χ0n) is 11.8. The zero-order chi connectivity index (χ0) is 14.7. The highest BCUT2D eigenvalue weighted by Gasteiger charge is 2.25. The lowest BCUT2D eigenvalue weighted by molar-refractivity contribution is -0.385. The Labute approximate surface area is 124 Å². The molecule has 2 rings (SSSR count). The third kappa shape index (κ3) is 3.48. The summed E-state index contributed by atoms with van der Waals surface area (Å²) in [5, 5.41) is 14.9. The highest BCUT2D eigenvalue weighted by Crippen LogP contribution is 2.26. The molecule has 1 N–H and O–H groups in total. The van der Waals surface area contributed by atoms with Gasteiger partial charge in [0.15, 0.2) is 0 Å². The van der Waals surface area contributed by atoms with Crippen molar-refractivity contribution in [2.24, 2.45) is 5.92 Å². The highest BCUT2D eigenvalue weighted by molar-refractivity contribution is 6.31. The first-order valence-electron chi connectivity index (χ1n) is 6.82. The fourth-order valence-electron chi connectivity index (χ4n) is 2.78.